The number of amides is 2. The van der Waals surface area contributed by atoms with E-state index in [-0.39, 0.29) is 18.2 Å². The van der Waals surface area contributed by atoms with Gasteiger partial charge in [0.1, 0.15) is 11.2 Å². The van der Waals surface area contributed by atoms with Gasteiger partial charge < -0.3 is 14.6 Å². The summed E-state index contributed by atoms with van der Waals surface area (Å²) in [6.45, 7) is 0.360. The van der Waals surface area contributed by atoms with Gasteiger partial charge in [-0.3, -0.25) is 9.59 Å². The molecule has 1 aliphatic heterocycles. The van der Waals surface area contributed by atoms with Crippen LogP contribution in [0.25, 0.3) is 21.9 Å². The topological polar surface area (TPSA) is 62.6 Å². The number of nitrogens with zero attached hydrogens (tertiary/aromatic N) is 1. The molecule has 6 heteroatoms. The summed E-state index contributed by atoms with van der Waals surface area (Å²) in [6, 6.07) is 21.3. The number of para-hydroxylation sites is 2. The normalized spacial score (nSPS) is 13.7. The number of benzene rings is 3. The molecule has 5 nitrogen and oxygen atoms in total. The fourth-order valence-corrected chi connectivity index (χ4v) is 4.58. The standard InChI is InChI=1S/C23H18N2O3S/c26-22(11-12-25-18-6-2-4-8-21(18)29-14-23(25)27)24-15-9-10-20-17(13-15)16-5-1-3-7-19(16)28-20/h1-10,13H,11-12,14H2,(H,24,26). The third kappa shape index (κ3) is 3.36. The van der Waals surface area contributed by atoms with Crippen LogP contribution in [-0.4, -0.2) is 24.1 Å². The number of anilines is 2. The first kappa shape index (κ1) is 17.8. The van der Waals surface area contributed by atoms with Crippen LogP contribution in [0, 0.1) is 0 Å². The quantitative estimate of drug-likeness (QED) is 0.519. The van der Waals surface area contributed by atoms with E-state index in [9.17, 15) is 9.59 Å². The Labute approximate surface area is 171 Å². The smallest absolute Gasteiger partial charge is 0.237 e. The molecule has 0 atom stereocenters. The molecule has 0 bridgehead atoms. The number of carbonyl (C=O) groups is 2. The van der Waals surface area contributed by atoms with Crippen LogP contribution in [-0.2, 0) is 9.59 Å². The maximum absolute atomic E-state index is 12.5. The summed E-state index contributed by atoms with van der Waals surface area (Å²) < 4.78 is 5.83. The lowest BCUT2D eigenvalue weighted by Crippen LogP contribution is -2.37. The van der Waals surface area contributed by atoms with E-state index in [4.69, 9.17) is 4.42 Å². The summed E-state index contributed by atoms with van der Waals surface area (Å²) in [4.78, 5) is 27.6. The van der Waals surface area contributed by atoms with Crippen molar-refractivity contribution in [3.8, 4) is 0 Å². The van der Waals surface area contributed by atoms with E-state index in [0.717, 1.165) is 38.2 Å². The van der Waals surface area contributed by atoms with E-state index in [1.165, 1.54) is 11.8 Å². The summed E-state index contributed by atoms with van der Waals surface area (Å²) in [7, 11) is 0. The maximum atomic E-state index is 12.5. The average molecular weight is 402 g/mol. The summed E-state index contributed by atoms with van der Waals surface area (Å²) in [5.41, 5.74) is 3.21. The Balaban J connectivity index is 1.31. The molecule has 0 saturated heterocycles. The molecule has 2 amide bonds. The summed E-state index contributed by atoms with van der Waals surface area (Å²) in [6.07, 6.45) is 0.231. The van der Waals surface area contributed by atoms with Crippen molar-refractivity contribution < 1.29 is 14.0 Å². The molecule has 1 aromatic heterocycles. The number of rotatable bonds is 4. The van der Waals surface area contributed by atoms with Crippen LogP contribution in [0.4, 0.5) is 11.4 Å². The van der Waals surface area contributed by atoms with Gasteiger partial charge in [-0.1, -0.05) is 30.3 Å². The van der Waals surface area contributed by atoms with E-state index >= 15 is 0 Å². The fraction of sp³-hybridized carbons (Fsp3) is 0.130. The first-order valence-corrected chi connectivity index (χ1v) is 10.4. The minimum atomic E-state index is -0.124. The van der Waals surface area contributed by atoms with Gasteiger partial charge in [-0.05, 0) is 36.4 Å². The zero-order valence-corrected chi connectivity index (χ0v) is 16.4. The van der Waals surface area contributed by atoms with Gasteiger partial charge in [0.2, 0.25) is 11.8 Å². The van der Waals surface area contributed by atoms with Crippen molar-refractivity contribution in [2.24, 2.45) is 0 Å². The van der Waals surface area contributed by atoms with Crippen LogP contribution in [0.2, 0.25) is 0 Å². The maximum Gasteiger partial charge on any atom is 0.237 e. The molecule has 2 heterocycles. The molecule has 5 rings (SSSR count). The SMILES string of the molecule is O=C(CCN1C(=O)CSc2ccccc21)Nc1ccc2oc3ccccc3c2c1. The van der Waals surface area contributed by atoms with Crippen molar-refractivity contribution >= 4 is 56.9 Å². The van der Waals surface area contributed by atoms with E-state index in [2.05, 4.69) is 5.32 Å². The number of furan rings is 1. The lowest BCUT2D eigenvalue weighted by atomic mass is 10.1. The second-order valence-electron chi connectivity index (χ2n) is 6.91. The molecule has 144 valence electrons. The Kier molecular flexibility index (Phi) is 4.48. The number of hydrogen-bond acceptors (Lipinski definition) is 4. The number of nitrogens with one attached hydrogen (secondary N) is 1. The molecule has 0 spiro atoms. The average Bonchev–Trinajstić information content (AvgIpc) is 3.11. The zero-order chi connectivity index (χ0) is 19.8. The molecule has 1 aliphatic rings. The molecule has 0 radical (unpaired) electrons. The molecule has 0 aliphatic carbocycles. The number of fused-ring (bicyclic) bond motifs is 4. The summed E-state index contributed by atoms with van der Waals surface area (Å²) in [5.74, 6) is 0.316. The van der Waals surface area contributed by atoms with Gasteiger partial charge in [0.05, 0.1) is 11.4 Å². The first-order chi connectivity index (χ1) is 14.2. The van der Waals surface area contributed by atoms with Gasteiger partial charge in [0.15, 0.2) is 0 Å². The zero-order valence-electron chi connectivity index (χ0n) is 15.6. The Hall–Kier alpha value is -3.25. The molecule has 29 heavy (non-hydrogen) atoms. The predicted octanol–water partition coefficient (Wildman–Crippen LogP) is 5.05. The second-order valence-corrected chi connectivity index (χ2v) is 7.93. The second kappa shape index (κ2) is 7.29. The van der Waals surface area contributed by atoms with Crippen LogP contribution in [0.15, 0.2) is 76.0 Å². The van der Waals surface area contributed by atoms with Crippen molar-refractivity contribution in [2.75, 3.05) is 22.5 Å². The predicted molar refractivity (Wildman–Crippen MR) is 116 cm³/mol. The van der Waals surface area contributed by atoms with Crippen molar-refractivity contribution in [3.63, 3.8) is 0 Å². The van der Waals surface area contributed by atoms with Crippen molar-refractivity contribution in [1.29, 1.82) is 0 Å². The number of carbonyl (C=O) groups excluding carboxylic acids is 2. The van der Waals surface area contributed by atoms with Crippen LogP contribution >= 0.6 is 11.8 Å². The third-order valence-electron chi connectivity index (χ3n) is 5.03. The van der Waals surface area contributed by atoms with Crippen molar-refractivity contribution in [2.45, 2.75) is 11.3 Å². The van der Waals surface area contributed by atoms with Crippen molar-refractivity contribution in [1.82, 2.24) is 0 Å². The number of thioether (sulfide) groups is 1. The highest BCUT2D eigenvalue weighted by molar-refractivity contribution is 8.00. The fourth-order valence-electron chi connectivity index (χ4n) is 3.64. The molecular formula is C23H18N2O3S. The molecule has 3 aromatic carbocycles. The highest BCUT2D eigenvalue weighted by Gasteiger charge is 2.24. The van der Waals surface area contributed by atoms with Gasteiger partial charge in [0.25, 0.3) is 0 Å². The largest absolute Gasteiger partial charge is 0.456 e. The lowest BCUT2D eigenvalue weighted by molar-refractivity contribution is -0.117. The Morgan fingerprint density at radius 2 is 1.79 bits per heavy atom. The molecule has 0 unspecified atom stereocenters. The van der Waals surface area contributed by atoms with Gasteiger partial charge >= 0.3 is 0 Å². The minimum absolute atomic E-state index is 0.0350. The molecule has 1 N–H and O–H groups in total. The van der Waals surface area contributed by atoms with Gasteiger partial charge in [-0.15, -0.1) is 11.8 Å². The van der Waals surface area contributed by atoms with Crippen LogP contribution in [0.1, 0.15) is 6.42 Å². The summed E-state index contributed by atoms with van der Waals surface area (Å²) in [5, 5.41) is 4.93. The molecule has 0 saturated carbocycles. The summed E-state index contributed by atoms with van der Waals surface area (Å²) >= 11 is 1.54. The Bertz CT molecular complexity index is 1250. The number of hydrogen-bond donors (Lipinski definition) is 1. The minimum Gasteiger partial charge on any atom is -0.456 e. The van der Waals surface area contributed by atoms with E-state index in [1.807, 2.05) is 66.7 Å². The van der Waals surface area contributed by atoms with Crippen molar-refractivity contribution in [3.05, 3.63) is 66.7 Å². The van der Waals surface area contributed by atoms with Crippen LogP contribution < -0.4 is 10.2 Å². The van der Waals surface area contributed by atoms with E-state index < -0.39 is 0 Å². The highest BCUT2D eigenvalue weighted by Crippen LogP contribution is 2.35. The molecule has 4 aromatic rings. The van der Waals surface area contributed by atoms with Crippen LogP contribution in [0.3, 0.4) is 0 Å². The van der Waals surface area contributed by atoms with Gasteiger partial charge in [0, 0.05) is 34.3 Å². The lowest BCUT2D eigenvalue weighted by Gasteiger charge is -2.28. The van der Waals surface area contributed by atoms with E-state index in [0.29, 0.717) is 12.3 Å². The Morgan fingerprint density at radius 1 is 1.00 bits per heavy atom. The Morgan fingerprint density at radius 3 is 2.72 bits per heavy atom. The molecule has 0 fully saturated rings. The third-order valence-corrected chi connectivity index (χ3v) is 6.08. The monoisotopic (exact) mass is 402 g/mol. The van der Waals surface area contributed by atoms with Crippen LogP contribution in [0.5, 0.6) is 0 Å². The highest BCUT2D eigenvalue weighted by atomic mass is 32.2. The van der Waals surface area contributed by atoms with Gasteiger partial charge in [-0.2, -0.15) is 0 Å². The molecular weight excluding hydrogens is 384 g/mol. The first-order valence-electron chi connectivity index (χ1n) is 9.42. The van der Waals surface area contributed by atoms with E-state index in [1.54, 1.807) is 4.90 Å². The van der Waals surface area contributed by atoms with Gasteiger partial charge in [-0.25, -0.2) is 0 Å².